The second-order valence-electron chi connectivity index (χ2n) is 5.92. The number of hydrogen-bond acceptors (Lipinski definition) is 5. The Hall–Kier alpha value is -3.29. The quantitative estimate of drug-likeness (QED) is 0.722. The predicted octanol–water partition coefficient (Wildman–Crippen LogP) is 3.38. The Bertz CT molecular complexity index is 870. The first-order valence-electron chi connectivity index (χ1n) is 8.54. The van der Waals surface area contributed by atoms with Crippen LogP contribution in [-0.2, 0) is 16.0 Å². The SMILES string of the molecule is COc1ccc(CCC(=O)Nc2cc(NC(C)=O)ccc2F)c(OC)c1OC. The van der Waals surface area contributed by atoms with Gasteiger partial charge in [-0.15, -0.1) is 0 Å². The molecule has 0 atom stereocenters. The summed E-state index contributed by atoms with van der Waals surface area (Å²) in [6.07, 6.45) is 0.442. The predicted molar refractivity (Wildman–Crippen MR) is 104 cm³/mol. The summed E-state index contributed by atoms with van der Waals surface area (Å²) in [5, 5.41) is 5.06. The lowest BCUT2D eigenvalue weighted by Crippen LogP contribution is -2.14. The average molecular weight is 390 g/mol. The number of hydrogen-bond donors (Lipinski definition) is 2. The van der Waals surface area contributed by atoms with Crippen LogP contribution in [0, 0.1) is 5.82 Å². The van der Waals surface area contributed by atoms with Crippen LogP contribution in [0.4, 0.5) is 15.8 Å². The first kappa shape index (κ1) is 21.0. The summed E-state index contributed by atoms with van der Waals surface area (Å²) in [4.78, 5) is 23.4. The molecule has 0 spiro atoms. The van der Waals surface area contributed by atoms with Crippen molar-refractivity contribution in [3.63, 3.8) is 0 Å². The largest absolute Gasteiger partial charge is 0.493 e. The van der Waals surface area contributed by atoms with Gasteiger partial charge in [-0.05, 0) is 36.2 Å². The molecule has 0 radical (unpaired) electrons. The lowest BCUT2D eigenvalue weighted by atomic mass is 10.1. The second-order valence-corrected chi connectivity index (χ2v) is 5.92. The zero-order valence-corrected chi connectivity index (χ0v) is 16.2. The maximum Gasteiger partial charge on any atom is 0.224 e. The fourth-order valence-corrected chi connectivity index (χ4v) is 2.72. The summed E-state index contributed by atoms with van der Waals surface area (Å²) < 4.78 is 29.9. The smallest absolute Gasteiger partial charge is 0.224 e. The molecular weight excluding hydrogens is 367 g/mol. The van der Waals surface area contributed by atoms with Gasteiger partial charge in [-0.2, -0.15) is 0 Å². The van der Waals surface area contributed by atoms with E-state index < -0.39 is 5.82 Å². The van der Waals surface area contributed by atoms with Crippen molar-refractivity contribution < 1.29 is 28.2 Å². The molecule has 2 amide bonds. The van der Waals surface area contributed by atoms with Crippen molar-refractivity contribution >= 4 is 23.2 Å². The lowest BCUT2D eigenvalue weighted by molar-refractivity contribution is -0.116. The van der Waals surface area contributed by atoms with Crippen molar-refractivity contribution in [2.75, 3.05) is 32.0 Å². The van der Waals surface area contributed by atoms with Gasteiger partial charge in [0.25, 0.3) is 0 Å². The van der Waals surface area contributed by atoms with E-state index in [2.05, 4.69) is 10.6 Å². The fourth-order valence-electron chi connectivity index (χ4n) is 2.72. The summed E-state index contributed by atoms with van der Waals surface area (Å²) in [5.41, 5.74) is 1.14. The van der Waals surface area contributed by atoms with E-state index in [-0.39, 0.29) is 23.9 Å². The zero-order chi connectivity index (χ0) is 20.7. The van der Waals surface area contributed by atoms with Crippen molar-refractivity contribution in [1.29, 1.82) is 0 Å². The molecule has 7 nitrogen and oxygen atoms in total. The van der Waals surface area contributed by atoms with Crippen LogP contribution < -0.4 is 24.8 Å². The van der Waals surface area contributed by atoms with Crippen LogP contribution in [-0.4, -0.2) is 33.1 Å². The Morgan fingerprint density at radius 2 is 1.68 bits per heavy atom. The number of anilines is 2. The Morgan fingerprint density at radius 3 is 2.29 bits per heavy atom. The van der Waals surface area contributed by atoms with E-state index in [1.165, 1.54) is 46.5 Å². The third-order valence-corrected chi connectivity index (χ3v) is 3.97. The first-order chi connectivity index (χ1) is 13.4. The van der Waals surface area contributed by atoms with Crippen LogP contribution in [0.15, 0.2) is 30.3 Å². The summed E-state index contributed by atoms with van der Waals surface area (Å²) in [6, 6.07) is 7.47. The van der Waals surface area contributed by atoms with Crippen LogP contribution in [0.2, 0.25) is 0 Å². The molecule has 0 unspecified atom stereocenters. The molecule has 2 aromatic rings. The minimum Gasteiger partial charge on any atom is -0.493 e. The van der Waals surface area contributed by atoms with Crippen molar-refractivity contribution in [3.8, 4) is 17.2 Å². The highest BCUT2D eigenvalue weighted by Gasteiger charge is 2.17. The molecule has 0 heterocycles. The van der Waals surface area contributed by atoms with Gasteiger partial charge in [-0.1, -0.05) is 6.07 Å². The number of halogens is 1. The number of rotatable bonds is 8. The van der Waals surface area contributed by atoms with E-state index in [4.69, 9.17) is 14.2 Å². The number of aryl methyl sites for hydroxylation is 1. The Kier molecular flexibility index (Phi) is 7.20. The topological polar surface area (TPSA) is 85.9 Å². The van der Waals surface area contributed by atoms with Crippen molar-refractivity contribution in [2.45, 2.75) is 19.8 Å². The molecule has 0 aliphatic heterocycles. The van der Waals surface area contributed by atoms with Crippen LogP contribution in [0.5, 0.6) is 17.2 Å². The van der Waals surface area contributed by atoms with E-state index in [9.17, 15) is 14.0 Å². The Labute approximate surface area is 162 Å². The molecule has 0 aliphatic carbocycles. The zero-order valence-electron chi connectivity index (χ0n) is 16.2. The van der Waals surface area contributed by atoms with Gasteiger partial charge in [-0.3, -0.25) is 9.59 Å². The summed E-state index contributed by atoms with van der Waals surface area (Å²) in [7, 11) is 4.53. The number of nitrogens with one attached hydrogen (secondary N) is 2. The molecule has 0 aromatic heterocycles. The molecule has 2 aromatic carbocycles. The lowest BCUT2D eigenvalue weighted by Gasteiger charge is -2.15. The Balaban J connectivity index is 2.10. The summed E-state index contributed by atoms with van der Waals surface area (Å²) in [5.74, 6) is 0.182. The minimum absolute atomic E-state index is 0.00414. The van der Waals surface area contributed by atoms with E-state index >= 15 is 0 Å². The number of amides is 2. The van der Waals surface area contributed by atoms with Gasteiger partial charge >= 0.3 is 0 Å². The molecule has 150 valence electrons. The highest BCUT2D eigenvalue weighted by atomic mass is 19.1. The van der Waals surface area contributed by atoms with Crippen LogP contribution in [0.3, 0.4) is 0 Å². The third kappa shape index (κ3) is 5.12. The molecular formula is C20H23FN2O5. The highest BCUT2D eigenvalue weighted by molar-refractivity contribution is 5.93. The molecule has 0 saturated carbocycles. The van der Waals surface area contributed by atoms with E-state index in [1.54, 1.807) is 12.1 Å². The van der Waals surface area contributed by atoms with Crippen molar-refractivity contribution in [3.05, 3.63) is 41.7 Å². The Morgan fingerprint density at radius 1 is 0.964 bits per heavy atom. The first-order valence-corrected chi connectivity index (χ1v) is 8.54. The van der Waals surface area contributed by atoms with Crippen molar-refractivity contribution in [1.82, 2.24) is 0 Å². The molecule has 0 aliphatic rings. The van der Waals surface area contributed by atoms with Crippen LogP contribution in [0.1, 0.15) is 18.9 Å². The number of methoxy groups -OCH3 is 3. The van der Waals surface area contributed by atoms with Gasteiger partial charge in [0.15, 0.2) is 11.5 Å². The summed E-state index contributed by atoms with van der Waals surface area (Å²) >= 11 is 0. The third-order valence-electron chi connectivity index (χ3n) is 3.97. The number of benzene rings is 2. The van der Waals surface area contributed by atoms with Gasteiger partial charge in [0.05, 0.1) is 27.0 Å². The molecule has 0 saturated heterocycles. The molecule has 0 bridgehead atoms. The van der Waals surface area contributed by atoms with Gasteiger partial charge in [0.2, 0.25) is 17.6 Å². The number of carbonyl (C=O) groups excluding carboxylic acids is 2. The average Bonchev–Trinajstić information content (AvgIpc) is 2.67. The van der Waals surface area contributed by atoms with Crippen LogP contribution >= 0.6 is 0 Å². The molecule has 0 fully saturated rings. The molecule has 8 heteroatoms. The monoisotopic (exact) mass is 390 g/mol. The summed E-state index contributed by atoms with van der Waals surface area (Å²) in [6.45, 7) is 1.35. The van der Waals surface area contributed by atoms with E-state index in [1.807, 2.05) is 0 Å². The maximum atomic E-state index is 14.0. The number of ether oxygens (including phenoxy) is 3. The van der Waals surface area contributed by atoms with Gasteiger partial charge in [0.1, 0.15) is 5.82 Å². The molecule has 2 N–H and O–H groups in total. The molecule has 28 heavy (non-hydrogen) atoms. The standard InChI is InChI=1S/C20H23FN2O5/c1-12(24)22-14-7-8-15(21)16(11-14)23-18(25)10-6-13-5-9-17(26-2)20(28-4)19(13)27-3/h5,7-9,11H,6,10H2,1-4H3,(H,22,24)(H,23,25). The van der Waals surface area contributed by atoms with Gasteiger partial charge in [0, 0.05) is 19.0 Å². The van der Waals surface area contributed by atoms with Gasteiger partial charge < -0.3 is 24.8 Å². The molecule has 2 rings (SSSR count). The van der Waals surface area contributed by atoms with Crippen molar-refractivity contribution in [2.24, 2.45) is 0 Å². The fraction of sp³-hybridized carbons (Fsp3) is 0.300. The number of carbonyl (C=O) groups is 2. The van der Waals surface area contributed by atoms with Crippen LogP contribution in [0.25, 0.3) is 0 Å². The maximum absolute atomic E-state index is 14.0. The van der Waals surface area contributed by atoms with E-state index in [0.717, 1.165) is 5.56 Å². The normalized spacial score (nSPS) is 10.2. The van der Waals surface area contributed by atoms with E-state index in [0.29, 0.717) is 29.4 Å². The highest BCUT2D eigenvalue weighted by Crippen LogP contribution is 2.40. The second kappa shape index (κ2) is 9.59. The minimum atomic E-state index is -0.592. The van der Waals surface area contributed by atoms with Gasteiger partial charge in [-0.25, -0.2) is 4.39 Å².